The van der Waals surface area contributed by atoms with E-state index in [0.717, 1.165) is 19.5 Å². The molecule has 8 heteroatoms. The number of aromatic nitrogens is 3. The minimum absolute atomic E-state index is 0.545. The van der Waals surface area contributed by atoms with Crippen molar-refractivity contribution in [2.75, 3.05) is 54.2 Å². The monoisotopic (exact) mass is 300 g/mol. The highest BCUT2D eigenvalue weighted by molar-refractivity contribution is 7.84. The van der Waals surface area contributed by atoms with Crippen molar-refractivity contribution >= 4 is 28.6 Å². The highest BCUT2D eigenvalue weighted by Crippen LogP contribution is 2.13. The minimum Gasteiger partial charge on any atom is -0.357 e. The van der Waals surface area contributed by atoms with Gasteiger partial charge in [-0.15, -0.1) is 0 Å². The van der Waals surface area contributed by atoms with E-state index in [1.165, 1.54) is 0 Å². The Kier molecular flexibility index (Phi) is 7.21. The standard InChI is InChI=1S/C12H24N6OS/c1-5-18(6-2)12-16-10(13-3)15-11(17-12)14-8-7-9-20(4)19/h5-9H2,1-4H3,(H2,13,14,15,16,17). The lowest BCUT2D eigenvalue weighted by Crippen LogP contribution is -2.25. The number of anilines is 3. The van der Waals surface area contributed by atoms with E-state index >= 15 is 0 Å². The molecule has 1 atom stereocenters. The molecule has 0 aromatic carbocycles. The van der Waals surface area contributed by atoms with Gasteiger partial charge in [0, 0.05) is 49.5 Å². The van der Waals surface area contributed by atoms with Crippen molar-refractivity contribution in [3.05, 3.63) is 0 Å². The fraction of sp³-hybridized carbons (Fsp3) is 0.750. The third-order valence-corrected chi connectivity index (χ3v) is 3.65. The zero-order chi connectivity index (χ0) is 15.0. The highest BCUT2D eigenvalue weighted by atomic mass is 32.2. The van der Waals surface area contributed by atoms with Crippen LogP contribution in [0.4, 0.5) is 17.8 Å². The summed E-state index contributed by atoms with van der Waals surface area (Å²) in [4.78, 5) is 15.1. The summed E-state index contributed by atoms with van der Waals surface area (Å²) in [5, 5.41) is 6.10. The quantitative estimate of drug-likeness (QED) is 0.657. The molecule has 0 spiro atoms. The van der Waals surface area contributed by atoms with E-state index < -0.39 is 10.8 Å². The predicted molar refractivity (Wildman–Crippen MR) is 85.0 cm³/mol. The first kappa shape index (κ1) is 16.6. The molecule has 0 saturated carbocycles. The molecule has 1 rings (SSSR count). The first-order valence-electron chi connectivity index (χ1n) is 6.83. The van der Waals surface area contributed by atoms with Crippen molar-refractivity contribution in [3.8, 4) is 0 Å². The van der Waals surface area contributed by atoms with Crippen LogP contribution in [-0.4, -0.2) is 57.9 Å². The molecule has 0 fully saturated rings. The van der Waals surface area contributed by atoms with Gasteiger partial charge in [-0.3, -0.25) is 4.21 Å². The van der Waals surface area contributed by atoms with Crippen molar-refractivity contribution in [1.29, 1.82) is 0 Å². The number of nitrogens with one attached hydrogen (secondary N) is 2. The van der Waals surface area contributed by atoms with E-state index in [0.29, 0.717) is 30.1 Å². The summed E-state index contributed by atoms with van der Waals surface area (Å²) < 4.78 is 11.0. The summed E-state index contributed by atoms with van der Waals surface area (Å²) in [6.07, 6.45) is 2.53. The number of nitrogens with zero attached hydrogens (tertiary/aromatic N) is 4. The Morgan fingerprint density at radius 3 is 2.35 bits per heavy atom. The van der Waals surface area contributed by atoms with Gasteiger partial charge in [0.05, 0.1) is 0 Å². The summed E-state index contributed by atoms with van der Waals surface area (Å²) in [5.74, 6) is 2.44. The fourth-order valence-electron chi connectivity index (χ4n) is 1.68. The zero-order valence-electron chi connectivity index (χ0n) is 12.6. The Morgan fingerprint density at radius 2 is 1.80 bits per heavy atom. The van der Waals surface area contributed by atoms with Gasteiger partial charge in [0.2, 0.25) is 17.8 Å². The van der Waals surface area contributed by atoms with E-state index in [1.807, 2.05) is 0 Å². The van der Waals surface area contributed by atoms with Gasteiger partial charge in [0.25, 0.3) is 0 Å². The number of hydrogen-bond donors (Lipinski definition) is 2. The van der Waals surface area contributed by atoms with Crippen LogP contribution in [0.5, 0.6) is 0 Å². The van der Waals surface area contributed by atoms with Gasteiger partial charge in [-0.1, -0.05) is 0 Å². The topological polar surface area (TPSA) is 83.0 Å². The molecule has 0 saturated heterocycles. The summed E-state index contributed by atoms with van der Waals surface area (Å²) in [6, 6.07) is 0. The van der Waals surface area contributed by atoms with Crippen LogP contribution in [0.15, 0.2) is 0 Å². The van der Waals surface area contributed by atoms with Crippen LogP contribution in [0.1, 0.15) is 20.3 Å². The second-order valence-corrected chi connectivity index (χ2v) is 5.82. The molecule has 0 radical (unpaired) electrons. The minimum atomic E-state index is -0.758. The predicted octanol–water partition coefficient (Wildman–Crippen LogP) is 0.940. The van der Waals surface area contributed by atoms with Gasteiger partial charge >= 0.3 is 0 Å². The SMILES string of the molecule is CCN(CC)c1nc(NC)nc(NCCCS(C)=O)n1. The molecule has 0 bridgehead atoms. The molecule has 20 heavy (non-hydrogen) atoms. The van der Waals surface area contributed by atoms with Crippen LogP contribution >= 0.6 is 0 Å². The third-order valence-electron chi connectivity index (χ3n) is 2.79. The second kappa shape index (κ2) is 8.68. The van der Waals surface area contributed by atoms with E-state index in [4.69, 9.17) is 0 Å². The van der Waals surface area contributed by atoms with Crippen LogP contribution in [-0.2, 0) is 10.8 Å². The van der Waals surface area contributed by atoms with Crippen LogP contribution in [0.2, 0.25) is 0 Å². The molecule has 0 aliphatic carbocycles. The van der Waals surface area contributed by atoms with Crippen molar-refractivity contribution in [2.45, 2.75) is 20.3 Å². The molecule has 1 aromatic heterocycles. The Labute approximate surface area is 123 Å². The maximum absolute atomic E-state index is 11.0. The second-order valence-electron chi connectivity index (χ2n) is 4.26. The average Bonchev–Trinajstić information content (AvgIpc) is 2.44. The van der Waals surface area contributed by atoms with Crippen molar-refractivity contribution in [3.63, 3.8) is 0 Å². The lowest BCUT2D eigenvalue weighted by atomic mass is 10.5. The molecule has 0 aliphatic rings. The largest absolute Gasteiger partial charge is 0.357 e. The van der Waals surface area contributed by atoms with Gasteiger partial charge in [-0.25, -0.2) is 0 Å². The first-order chi connectivity index (χ1) is 9.60. The lowest BCUT2D eigenvalue weighted by molar-refractivity contribution is 0.685. The molecule has 7 nitrogen and oxygen atoms in total. The molecule has 1 unspecified atom stereocenters. The van der Waals surface area contributed by atoms with Gasteiger partial charge < -0.3 is 15.5 Å². The fourth-order valence-corrected chi connectivity index (χ4v) is 2.23. The smallest absolute Gasteiger partial charge is 0.231 e. The Morgan fingerprint density at radius 1 is 1.15 bits per heavy atom. The van der Waals surface area contributed by atoms with Gasteiger partial charge in [-0.05, 0) is 20.3 Å². The number of hydrogen-bond acceptors (Lipinski definition) is 7. The Hall–Kier alpha value is -1.44. The molecule has 1 aromatic rings. The van der Waals surface area contributed by atoms with Crippen LogP contribution < -0.4 is 15.5 Å². The maximum atomic E-state index is 11.0. The van der Waals surface area contributed by atoms with Crippen LogP contribution in [0, 0.1) is 0 Å². The van der Waals surface area contributed by atoms with E-state index in [1.54, 1.807) is 13.3 Å². The normalized spacial score (nSPS) is 12.0. The van der Waals surface area contributed by atoms with Crippen molar-refractivity contribution < 1.29 is 4.21 Å². The van der Waals surface area contributed by atoms with Crippen molar-refractivity contribution in [1.82, 2.24) is 15.0 Å². The van der Waals surface area contributed by atoms with Gasteiger partial charge in [0.15, 0.2) is 0 Å². The molecule has 1 heterocycles. The van der Waals surface area contributed by atoms with Crippen LogP contribution in [0.25, 0.3) is 0 Å². The van der Waals surface area contributed by atoms with E-state index in [2.05, 4.69) is 44.3 Å². The molecule has 114 valence electrons. The van der Waals surface area contributed by atoms with Gasteiger partial charge in [-0.2, -0.15) is 15.0 Å². The molecule has 2 N–H and O–H groups in total. The maximum Gasteiger partial charge on any atom is 0.231 e. The van der Waals surface area contributed by atoms with E-state index in [-0.39, 0.29) is 0 Å². The highest BCUT2D eigenvalue weighted by Gasteiger charge is 2.10. The summed E-state index contributed by atoms with van der Waals surface area (Å²) >= 11 is 0. The molecular formula is C12H24N6OS. The molecule has 0 aliphatic heterocycles. The first-order valence-corrected chi connectivity index (χ1v) is 8.56. The summed E-state index contributed by atoms with van der Waals surface area (Å²) in [6.45, 7) is 6.52. The third kappa shape index (κ3) is 5.28. The summed E-state index contributed by atoms with van der Waals surface area (Å²) in [5.41, 5.74) is 0. The van der Waals surface area contributed by atoms with E-state index in [9.17, 15) is 4.21 Å². The van der Waals surface area contributed by atoms with Crippen molar-refractivity contribution in [2.24, 2.45) is 0 Å². The Bertz CT molecular complexity index is 438. The zero-order valence-corrected chi connectivity index (χ0v) is 13.5. The molecular weight excluding hydrogens is 276 g/mol. The van der Waals surface area contributed by atoms with Gasteiger partial charge in [0.1, 0.15) is 0 Å². The lowest BCUT2D eigenvalue weighted by Gasteiger charge is -2.19. The number of rotatable bonds is 9. The van der Waals surface area contributed by atoms with Crippen LogP contribution in [0.3, 0.4) is 0 Å². The molecule has 0 amide bonds. The average molecular weight is 300 g/mol. The Balaban J connectivity index is 2.74. The summed E-state index contributed by atoms with van der Waals surface area (Å²) in [7, 11) is 1.03.